The third-order valence-corrected chi connectivity index (χ3v) is 6.12. The van der Waals surface area contributed by atoms with Gasteiger partial charge < -0.3 is 9.88 Å². The molecule has 0 bridgehead atoms. The maximum absolute atomic E-state index is 12.9. The summed E-state index contributed by atoms with van der Waals surface area (Å²) < 4.78 is 2.07. The Morgan fingerprint density at radius 2 is 2.07 bits per heavy atom. The third kappa shape index (κ3) is 3.69. The number of hydrogen-bond donors (Lipinski definition) is 2. The molecule has 0 saturated carbocycles. The summed E-state index contributed by atoms with van der Waals surface area (Å²) in [4.78, 5) is 25.7. The number of amides is 2. The predicted octanol–water partition coefficient (Wildman–Crippen LogP) is 4.45. The van der Waals surface area contributed by atoms with Crippen LogP contribution in [-0.4, -0.2) is 25.6 Å². The number of urea groups is 1. The number of nitrogens with zero attached hydrogens (tertiary/aromatic N) is 4. The summed E-state index contributed by atoms with van der Waals surface area (Å²) in [6.07, 6.45) is 10.9. The van der Waals surface area contributed by atoms with E-state index in [0.717, 1.165) is 29.7 Å². The maximum Gasteiger partial charge on any atom is 0.321 e. The van der Waals surface area contributed by atoms with Crippen molar-refractivity contribution in [2.45, 2.75) is 24.9 Å². The van der Waals surface area contributed by atoms with Crippen LogP contribution in [0, 0.1) is 0 Å². The van der Waals surface area contributed by atoms with E-state index in [1.807, 2.05) is 42.2 Å². The number of hydrogen-bond acceptors (Lipinski definition) is 5. The van der Waals surface area contributed by atoms with Crippen LogP contribution in [0.25, 0.3) is 11.3 Å². The van der Waals surface area contributed by atoms with Gasteiger partial charge in [0.05, 0.1) is 24.1 Å². The summed E-state index contributed by atoms with van der Waals surface area (Å²) in [7, 11) is 0. The fourth-order valence-corrected chi connectivity index (χ4v) is 4.67. The van der Waals surface area contributed by atoms with E-state index in [1.165, 1.54) is 16.9 Å². The van der Waals surface area contributed by atoms with Crippen LogP contribution in [0.4, 0.5) is 9.93 Å². The van der Waals surface area contributed by atoms with E-state index >= 15 is 0 Å². The normalized spacial score (nSPS) is 17.9. The number of thiazole rings is 1. The Morgan fingerprint density at radius 3 is 2.90 bits per heavy atom. The number of carbonyl (C=O) groups is 1. The van der Waals surface area contributed by atoms with Crippen LogP contribution in [-0.2, 0) is 6.42 Å². The Balaban J connectivity index is 1.35. The van der Waals surface area contributed by atoms with E-state index < -0.39 is 0 Å². The minimum absolute atomic E-state index is 0.107. The molecule has 7 nitrogen and oxygen atoms in total. The second-order valence-corrected chi connectivity index (χ2v) is 8.03. The molecule has 150 valence electrons. The van der Waals surface area contributed by atoms with Gasteiger partial charge in [0.1, 0.15) is 0 Å². The number of aromatic nitrogens is 4. The molecule has 0 spiro atoms. The van der Waals surface area contributed by atoms with Crippen LogP contribution < -0.4 is 10.6 Å². The highest BCUT2D eigenvalue weighted by atomic mass is 32.1. The van der Waals surface area contributed by atoms with E-state index in [1.54, 1.807) is 18.6 Å². The van der Waals surface area contributed by atoms with E-state index in [4.69, 9.17) is 0 Å². The first-order chi connectivity index (χ1) is 14.8. The lowest BCUT2D eigenvalue weighted by atomic mass is 9.84. The average Bonchev–Trinajstić information content (AvgIpc) is 3.47. The Labute approximate surface area is 177 Å². The summed E-state index contributed by atoms with van der Waals surface area (Å²) in [5.74, 6) is 0. The van der Waals surface area contributed by atoms with Crippen LogP contribution in [0.3, 0.4) is 0 Å². The molecule has 1 aliphatic rings. The standard InChI is InChI=1S/C22H20N6OS/c29-21(27-22-25-18(13-30-22)16-5-3-9-23-12-16)26-20-17-6-2-1-4-15(17)7-8-19(20)28-11-10-24-14-28/h1-6,9-14,19-20H,7-8H2,(H2,25,26,27,29)/t19-,20-/m0/s1. The van der Waals surface area contributed by atoms with Gasteiger partial charge in [-0.1, -0.05) is 24.3 Å². The van der Waals surface area contributed by atoms with Crippen LogP contribution >= 0.6 is 11.3 Å². The maximum atomic E-state index is 12.9. The van der Waals surface area contributed by atoms with Gasteiger partial charge in [0, 0.05) is 35.7 Å². The van der Waals surface area contributed by atoms with Crippen molar-refractivity contribution in [3.8, 4) is 11.3 Å². The molecule has 1 aliphatic carbocycles. The van der Waals surface area contributed by atoms with Crippen LogP contribution in [0.1, 0.15) is 29.6 Å². The number of nitrogens with one attached hydrogen (secondary N) is 2. The van der Waals surface area contributed by atoms with Gasteiger partial charge in [0.15, 0.2) is 5.13 Å². The highest BCUT2D eigenvalue weighted by Crippen LogP contribution is 2.37. The minimum Gasteiger partial charge on any atom is -0.332 e. The molecule has 8 heteroatoms. The van der Waals surface area contributed by atoms with E-state index in [9.17, 15) is 4.79 Å². The van der Waals surface area contributed by atoms with Crippen molar-refractivity contribution in [3.63, 3.8) is 0 Å². The number of fused-ring (bicyclic) bond motifs is 1. The number of pyridine rings is 1. The Bertz CT molecular complexity index is 1140. The highest BCUT2D eigenvalue weighted by molar-refractivity contribution is 7.14. The molecule has 0 aliphatic heterocycles. The molecule has 2 atom stereocenters. The summed E-state index contributed by atoms with van der Waals surface area (Å²) >= 11 is 1.39. The van der Waals surface area contributed by atoms with Crippen molar-refractivity contribution in [2.75, 3.05) is 5.32 Å². The van der Waals surface area contributed by atoms with Crippen LogP contribution in [0.15, 0.2) is 72.9 Å². The first-order valence-corrected chi connectivity index (χ1v) is 10.6. The van der Waals surface area contributed by atoms with Crippen molar-refractivity contribution < 1.29 is 4.79 Å². The molecule has 0 unspecified atom stereocenters. The summed E-state index contributed by atoms with van der Waals surface area (Å²) in [6.45, 7) is 0. The number of rotatable bonds is 4. The quantitative estimate of drug-likeness (QED) is 0.515. The zero-order chi connectivity index (χ0) is 20.3. The molecular weight excluding hydrogens is 396 g/mol. The van der Waals surface area contributed by atoms with Gasteiger partial charge in [0.25, 0.3) is 0 Å². The van der Waals surface area contributed by atoms with Crippen molar-refractivity contribution in [2.24, 2.45) is 0 Å². The molecule has 0 saturated heterocycles. The lowest BCUT2D eigenvalue weighted by Crippen LogP contribution is -2.39. The summed E-state index contributed by atoms with van der Waals surface area (Å²) in [6, 6.07) is 11.8. The molecule has 2 N–H and O–H groups in total. The minimum atomic E-state index is -0.270. The number of anilines is 1. The highest BCUT2D eigenvalue weighted by Gasteiger charge is 2.31. The fourth-order valence-electron chi connectivity index (χ4n) is 3.96. The monoisotopic (exact) mass is 416 g/mol. The molecule has 0 radical (unpaired) electrons. The topological polar surface area (TPSA) is 84.7 Å². The summed E-state index contributed by atoms with van der Waals surface area (Å²) in [5.41, 5.74) is 4.13. The van der Waals surface area contributed by atoms with Gasteiger partial charge >= 0.3 is 6.03 Å². The second kappa shape index (κ2) is 8.08. The Kier molecular flexibility index (Phi) is 4.98. The number of benzene rings is 1. The molecule has 4 aromatic rings. The van der Waals surface area contributed by atoms with Gasteiger partial charge in [-0.05, 0) is 36.1 Å². The first kappa shape index (κ1) is 18.5. The van der Waals surface area contributed by atoms with Gasteiger partial charge in [-0.2, -0.15) is 0 Å². The van der Waals surface area contributed by atoms with Gasteiger partial charge in [0.2, 0.25) is 0 Å². The number of carbonyl (C=O) groups excluding carboxylic acids is 1. The van der Waals surface area contributed by atoms with Crippen molar-refractivity contribution >= 4 is 22.5 Å². The fraction of sp³-hybridized carbons (Fsp3) is 0.182. The van der Waals surface area contributed by atoms with Crippen LogP contribution in [0.2, 0.25) is 0 Å². The lowest BCUT2D eigenvalue weighted by Gasteiger charge is -2.34. The SMILES string of the molecule is O=C(Nc1nc(-c2cccnc2)cs1)N[C@H]1c2ccccc2CC[C@@H]1n1ccnc1. The Morgan fingerprint density at radius 1 is 1.13 bits per heavy atom. The van der Waals surface area contributed by atoms with Crippen molar-refractivity contribution in [1.29, 1.82) is 0 Å². The first-order valence-electron chi connectivity index (χ1n) is 9.76. The predicted molar refractivity (Wildman–Crippen MR) is 116 cm³/mol. The molecule has 2 amide bonds. The number of aryl methyl sites for hydroxylation is 1. The average molecular weight is 417 g/mol. The molecule has 30 heavy (non-hydrogen) atoms. The van der Waals surface area contributed by atoms with Gasteiger partial charge in [-0.3, -0.25) is 10.3 Å². The van der Waals surface area contributed by atoms with Gasteiger partial charge in [-0.25, -0.2) is 14.8 Å². The lowest BCUT2D eigenvalue weighted by molar-refractivity contribution is 0.239. The zero-order valence-electron chi connectivity index (χ0n) is 16.1. The summed E-state index contributed by atoms with van der Waals surface area (Å²) in [5, 5.41) is 8.52. The Hall–Kier alpha value is -3.52. The van der Waals surface area contributed by atoms with Crippen molar-refractivity contribution in [1.82, 2.24) is 24.8 Å². The molecule has 1 aromatic carbocycles. The van der Waals surface area contributed by atoms with E-state index in [2.05, 4.69) is 42.3 Å². The molecule has 0 fully saturated rings. The smallest absolute Gasteiger partial charge is 0.321 e. The largest absolute Gasteiger partial charge is 0.332 e. The van der Waals surface area contributed by atoms with Crippen LogP contribution in [0.5, 0.6) is 0 Å². The van der Waals surface area contributed by atoms with Gasteiger partial charge in [-0.15, -0.1) is 11.3 Å². The molecule has 3 heterocycles. The van der Waals surface area contributed by atoms with E-state index in [-0.39, 0.29) is 18.1 Å². The van der Waals surface area contributed by atoms with Crippen molar-refractivity contribution in [3.05, 3.63) is 84.0 Å². The molecular formula is C22H20N6OS. The van der Waals surface area contributed by atoms with E-state index in [0.29, 0.717) is 5.13 Å². The second-order valence-electron chi connectivity index (χ2n) is 7.17. The number of imidazole rings is 1. The molecule has 5 rings (SSSR count). The molecule has 3 aromatic heterocycles. The third-order valence-electron chi connectivity index (χ3n) is 5.36. The zero-order valence-corrected chi connectivity index (χ0v) is 16.9.